The van der Waals surface area contributed by atoms with Gasteiger partial charge < -0.3 is 20.4 Å². The molecule has 0 aliphatic carbocycles. The van der Waals surface area contributed by atoms with Gasteiger partial charge in [0, 0.05) is 5.57 Å². The second-order valence-electron chi connectivity index (χ2n) is 3.10. The lowest BCUT2D eigenvalue weighted by Crippen LogP contribution is -2.04. The monoisotopic (exact) mass is 234 g/mol. The summed E-state index contributed by atoms with van der Waals surface area (Å²) in [5.74, 6) is -2.44. The molecular weight excluding hydrogens is 216 g/mol. The van der Waals surface area contributed by atoms with Gasteiger partial charge in [0.15, 0.2) is 6.29 Å². The van der Waals surface area contributed by atoms with Crippen LogP contribution in [0.5, 0.6) is 0 Å². The fraction of sp³-hybridized carbons (Fsp3) is 0.600. The quantitative estimate of drug-likeness (QED) is 0.395. The highest BCUT2D eigenvalue weighted by Gasteiger charge is 2.07. The maximum atomic E-state index is 9.87. The van der Waals surface area contributed by atoms with Crippen molar-refractivity contribution in [2.24, 2.45) is 0 Å². The van der Waals surface area contributed by atoms with E-state index in [2.05, 4.69) is 6.58 Å². The average Bonchev–Trinajstić information content (AvgIpc) is 2.14. The molecule has 6 nitrogen and oxygen atoms in total. The Balaban J connectivity index is 0. The summed E-state index contributed by atoms with van der Waals surface area (Å²) in [5, 5.41) is 32.6. The minimum absolute atomic E-state index is 0.303. The number of aliphatic carboxylic acids is 2. The molecular formula is C10H18O6. The summed E-state index contributed by atoms with van der Waals surface area (Å²) in [6.07, 6.45) is 0.834. The van der Waals surface area contributed by atoms with Crippen molar-refractivity contribution in [2.75, 3.05) is 0 Å². The lowest BCUT2D eigenvalue weighted by molar-refractivity contribution is -0.139. The van der Waals surface area contributed by atoms with Crippen LogP contribution >= 0.6 is 0 Å². The van der Waals surface area contributed by atoms with Crippen molar-refractivity contribution in [3.8, 4) is 0 Å². The Hall–Kier alpha value is -1.40. The summed E-state index contributed by atoms with van der Waals surface area (Å²) in [4.78, 5) is 19.7. The Morgan fingerprint density at radius 1 is 1.25 bits per heavy atom. The molecule has 0 rings (SSSR count). The van der Waals surface area contributed by atoms with Crippen LogP contribution in [0.25, 0.3) is 0 Å². The van der Waals surface area contributed by atoms with Gasteiger partial charge in [-0.05, 0) is 12.8 Å². The third kappa shape index (κ3) is 15.1. The summed E-state index contributed by atoms with van der Waals surface area (Å²) in [6, 6.07) is 0. The maximum absolute atomic E-state index is 9.87. The molecule has 0 spiro atoms. The molecule has 0 aromatic heterocycles. The highest BCUT2D eigenvalue weighted by Crippen LogP contribution is 1.96. The molecule has 0 amide bonds. The van der Waals surface area contributed by atoms with Crippen molar-refractivity contribution in [3.05, 3.63) is 12.2 Å². The first kappa shape index (κ1) is 17.0. The number of unbranched alkanes of at least 4 members (excludes halogenated alkanes) is 1. The van der Waals surface area contributed by atoms with Gasteiger partial charge >= 0.3 is 11.9 Å². The Labute approximate surface area is 93.8 Å². The topological polar surface area (TPSA) is 115 Å². The normalized spacial score (nSPS) is 9.25. The zero-order valence-electron chi connectivity index (χ0n) is 9.22. The zero-order chi connectivity index (χ0) is 13.1. The van der Waals surface area contributed by atoms with Crippen LogP contribution in [0.4, 0.5) is 0 Å². The first-order valence-electron chi connectivity index (χ1n) is 4.80. The predicted octanol–water partition coefficient (Wildman–Crippen LogP) is 0.589. The summed E-state index contributed by atoms with van der Waals surface area (Å²) in [5.41, 5.74) is -0.303. The molecule has 0 bridgehead atoms. The summed E-state index contributed by atoms with van der Waals surface area (Å²) in [6.45, 7) is 5.03. The molecule has 0 unspecified atom stereocenters. The molecule has 0 aromatic carbocycles. The van der Waals surface area contributed by atoms with Gasteiger partial charge in [-0.15, -0.1) is 0 Å². The summed E-state index contributed by atoms with van der Waals surface area (Å²) >= 11 is 0. The van der Waals surface area contributed by atoms with Crippen LogP contribution in [-0.4, -0.2) is 38.7 Å². The second kappa shape index (κ2) is 10.1. The Morgan fingerprint density at radius 2 is 1.75 bits per heavy atom. The molecule has 0 saturated carbocycles. The molecule has 4 N–H and O–H groups in total. The van der Waals surface area contributed by atoms with E-state index in [1.165, 1.54) is 0 Å². The third-order valence-corrected chi connectivity index (χ3v) is 1.48. The number of aliphatic hydroxyl groups excluding tert-OH is 1. The van der Waals surface area contributed by atoms with Crippen molar-refractivity contribution in [1.82, 2.24) is 0 Å². The van der Waals surface area contributed by atoms with Crippen molar-refractivity contribution >= 4 is 11.9 Å². The van der Waals surface area contributed by atoms with Crippen LogP contribution < -0.4 is 0 Å². The molecule has 0 aliphatic heterocycles. The first-order chi connectivity index (χ1) is 7.31. The minimum atomic E-state index is -1.27. The van der Waals surface area contributed by atoms with E-state index >= 15 is 0 Å². The van der Waals surface area contributed by atoms with Gasteiger partial charge in [0.1, 0.15) is 0 Å². The number of carboxylic acids is 2. The molecule has 94 valence electrons. The molecule has 0 aliphatic rings. The number of carboxylic acid groups (broad SMARTS) is 2. The summed E-state index contributed by atoms with van der Waals surface area (Å²) < 4.78 is 0. The number of hydrogen-bond acceptors (Lipinski definition) is 4. The fourth-order valence-corrected chi connectivity index (χ4v) is 0.645. The van der Waals surface area contributed by atoms with E-state index in [0.29, 0.717) is 6.42 Å². The minimum Gasteiger partial charge on any atom is -0.481 e. The third-order valence-electron chi connectivity index (χ3n) is 1.48. The van der Waals surface area contributed by atoms with Crippen LogP contribution in [0.3, 0.4) is 0 Å². The van der Waals surface area contributed by atoms with Gasteiger partial charge in [0.05, 0.1) is 6.42 Å². The van der Waals surface area contributed by atoms with Crippen LogP contribution in [0.2, 0.25) is 0 Å². The van der Waals surface area contributed by atoms with Gasteiger partial charge in [0.25, 0.3) is 0 Å². The number of aliphatic hydroxyl groups is 2. The van der Waals surface area contributed by atoms with E-state index in [1.54, 1.807) is 0 Å². The van der Waals surface area contributed by atoms with E-state index in [9.17, 15) is 9.59 Å². The smallest absolute Gasteiger partial charge is 0.331 e. The number of rotatable bonds is 6. The predicted molar refractivity (Wildman–Crippen MR) is 56.8 cm³/mol. The zero-order valence-corrected chi connectivity index (χ0v) is 9.22. The standard InChI is InChI=1S/C5H6O4.C5H12O2/c1-3(5(8)9)2-4(6)7;1-2-3-4-5(6)7/h1-2H2,(H,6,7)(H,8,9);5-7H,2-4H2,1H3. The lowest BCUT2D eigenvalue weighted by Gasteiger charge is -1.97. The average molecular weight is 234 g/mol. The van der Waals surface area contributed by atoms with E-state index in [1.807, 2.05) is 6.92 Å². The maximum Gasteiger partial charge on any atom is 0.331 e. The Kier molecular flexibility index (Phi) is 10.8. The van der Waals surface area contributed by atoms with Crippen LogP contribution in [0.15, 0.2) is 12.2 Å². The number of hydrogen-bond donors (Lipinski definition) is 4. The highest BCUT2D eigenvalue weighted by molar-refractivity contribution is 5.91. The van der Waals surface area contributed by atoms with Crippen molar-refractivity contribution in [3.63, 3.8) is 0 Å². The largest absolute Gasteiger partial charge is 0.481 e. The second-order valence-corrected chi connectivity index (χ2v) is 3.10. The lowest BCUT2D eigenvalue weighted by atomic mass is 10.2. The van der Waals surface area contributed by atoms with E-state index in [4.69, 9.17) is 20.4 Å². The first-order valence-corrected chi connectivity index (χ1v) is 4.80. The Morgan fingerprint density at radius 3 is 1.88 bits per heavy atom. The van der Waals surface area contributed by atoms with E-state index < -0.39 is 24.6 Å². The Bertz CT molecular complexity index is 233. The molecule has 0 atom stereocenters. The van der Waals surface area contributed by atoms with Gasteiger partial charge in [0.2, 0.25) is 0 Å². The van der Waals surface area contributed by atoms with Crippen molar-refractivity contribution in [1.29, 1.82) is 0 Å². The van der Waals surface area contributed by atoms with Crippen LogP contribution in [-0.2, 0) is 9.59 Å². The molecule has 6 heteroatoms. The fourth-order valence-electron chi connectivity index (χ4n) is 0.645. The van der Waals surface area contributed by atoms with Crippen LogP contribution in [0.1, 0.15) is 32.6 Å². The number of carbonyl (C=O) groups is 2. The van der Waals surface area contributed by atoms with Gasteiger partial charge in [-0.3, -0.25) is 4.79 Å². The van der Waals surface area contributed by atoms with E-state index in [-0.39, 0.29) is 5.57 Å². The van der Waals surface area contributed by atoms with Crippen molar-refractivity contribution in [2.45, 2.75) is 38.9 Å². The molecule has 0 saturated heterocycles. The molecule has 0 fully saturated rings. The molecule has 0 radical (unpaired) electrons. The molecule has 0 aromatic rings. The molecule has 16 heavy (non-hydrogen) atoms. The molecule has 0 heterocycles. The SMILES string of the molecule is C=C(CC(=O)O)C(=O)O.CCCCC(O)O. The van der Waals surface area contributed by atoms with Crippen molar-refractivity contribution < 1.29 is 30.0 Å². The van der Waals surface area contributed by atoms with Gasteiger partial charge in [-0.1, -0.05) is 19.9 Å². The van der Waals surface area contributed by atoms with Gasteiger partial charge in [-0.25, -0.2) is 4.79 Å². The van der Waals surface area contributed by atoms with Crippen LogP contribution in [0, 0.1) is 0 Å². The summed E-state index contributed by atoms with van der Waals surface area (Å²) in [7, 11) is 0. The van der Waals surface area contributed by atoms with Gasteiger partial charge in [-0.2, -0.15) is 0 Å². The highest BCUT2D eigenvalue weighted by atomic mass is 16.5. The van der Waals surface area contributed by atoms with E-state index in [0.717, 1.165) is 12.8 Å².